The molecule has 1 aliphatic rings. The Bertz CT molecular complexity index is 1260. The van der Waals surface area contributed by atoms with Gasteiger partial charge in [0.05, 0.1) is 16.9 Å². The first kappa shape index (κ1) is 20.9. The molecule has 1 aliphatic heterocycles. The van der Waals surface area contributed by atoms with Crippen molar-refractivity contribution >= 4 is 34.2 Å². The number of carbonyl (C=O) groups is 1. The zero-order chi connectivity index (χ0) is 22.1. The summed E-state index contributed by atoms with van der Waals surface area (Å²) in [6.07, 6.45) is 2.17. The number of nitrogens with zero attached hydrogens (tertiary/aromatic N) is 4. The minimum absolute atomic E-state index is 0.0344. The van der Waals surface area contributed by atoms with Gasteiger partial charge in [0, 0.05) is 24.1 Å². The van der Waals surface area contributed by atoms with Gasteiger partial charge in [-0.2, -0.15) is 0 Å². The van der Waals surface area contributed by atoms with E-state index in [1.165, 1.54) is 17.3 Å². The summed E-state index contributed by atoms with van der Waals surface area (Å²) in [5.74, 6) is 0.728. The van der Waals surface area contributed by atoms with Crippen LogP contribution in [0.25, 0.3) is 27.9 Å². The fraction of sp³-hybridized carbons (Fsp3) is 0.333. The van der Waals surface area contributed by atoms with Crippen LogP contribution in [0.1, 0.15) is 25.3 Å². The van der Waals surface area contributed by atoms with E-state index in [0.29, 0.717) is 11.7 Å². The molecule has 0 spiro atoms. The van der Waals surface area contributed by atoms with Crippen LogP contribution in [0.5, 0.6) is 0 Å². The molecule has 0 radical (unpaired) electrons. The molecule has 0 bridgehead atoms. The zero-order valence-electron chi connectivity index (χ0n) is 18.1. The third kappa shape index (κ3) is 4.08. The monoisotopic (exact) mass is 447 g/mol. The number of benzene rings is 2. The van der Waals surface area contributed by atoms with Crippen molar-refractivity contribution in [1.82, 2.24) is 24.9 Å². The lowest BCUT2D eigenvalue weighted by atomic mass is 10.1. The summed E-state index contributed by atoms with van der Waals surface area (Å²) in [4.78, 5) is 17.6. The van der Waals surface area contributed by atoms with Crippen molar-refractivity contribution in [2.24, 2.45) is 0 Å². The zero-order valence-corrected chi connectivity index (χ0v) is 18.9. The largest absolute Gasteiger partial charge is 0.376 e. The van der Waals surface area contributed by atoms with E-state index in [1.807, 2.05) is 35.6 Å². The van der Waals surface area contributed by atoms with Gasteiger partial charge < -0.3 is 10.1 Å². The van der Waals surface area contributed by atoms with Crippen molar-refractivity contribution in [1.29, 1.82) is 0 Å². The van der Waals surface area contributed by atoms with E-state index < -0.39 is 0 Å². The minimum Gasteiger partial charge on any atom is -0.376 e. The maximum Gasteiger partial charge on any atom is 0.233 e. The highest BCUT2D eigenvalue weighted by atomic mass is 32.2. The molecule has 1 saturated heterocycles. The van der Waals surface area contributed by atoms with E-state index in [2.05, 4.69) is 46.7 Å². The molecule has 2 aromatic heterocycles. The highest BCUT2D eigenvalue weighted by Gasteiger charge is 2.23. The number of nitrogens with one attached hydrogen (secondary N) is 1. The summed E-state index contributed by atoms with van der Waals surface area (Å²) in [6, 6.07) is 16.2. The molecule has 1 N–H and O–H groups in total. The van der Waals surface area contributed by atoms with Gasteiger partial charge in [-0.25, -0.2) is 4.98 Å². The molecule has 0 aliphatic carbocycles. The molecule has 2 atom stereocenters. The Kier molecular flexibility index (Phi) is 5.80. The number of ether oxygens (including phenoxy) is 1. The molecule has 0 saturated carbocycles. The number of aryl methyl sites for hydroxylation is 1. The topological polar surface area (TPSA) is 81.4 Å². The van der Waals surface area contributed by atoms with Crippen molar-refractivity contribution in [2.75, 3.05) is 13.2 Å². The molecule has 7 nitrogen and oxygen atoms in total. The van der Waals surface area contributed by atoms with Gasteiger partial charge in [-0.15, -0.1) is 10.2 Å². The van der Waals surface area contributed by atoms with E-state index in [0.717, 1.165) is 47.4 Å². The number of carbonyl (C=O) groups excluding carboxylic acids is 1. The number of hydrogen-bond donors (Lipinski definition) is 1. The van der Waals surface area contributed by atoms with Crippen LogP contribution in [0.15, 0.2) is 53.7 Å². The number of amides is 1. The van der Waals surface area contributed by atoms with Crippen molar-refractivity contribution in [3.8, 4) is 11.4 Å². The molecule has 32 heavy (non-hydrogen) atoms. The molecule has 5 rings (SSSR count). The first-order valence-electron chi connectivity index (χ1n) is 10.9. The Morgan fingerprint density at radius 2 is 2.03 bits per heavy atom. The predicted molar refractivity (Wildman–Crippen MR) is 126 cm³/mol. The minimum atomic E-state index is -0.332. The summed E-state index contributed by atoms with van der Waals surface area (Å²) in [5.41, 5.74) is 3.76. The maximum absolute atomic E-state index is 12.7. The Labute approximate surface area is 190 Å². The number of fused-ring (bicyclic) bond motifs is 3. The van der Waals surface area contributed by atoms with Gasteiger partial charge in [0.1, 0.15) is 5.82 Å². The molecule has 1 amide bonds. The Hall–Kier alpha value is -2.97. The molecule has 164 valence electrons. The van der Waals surface area contributed by atoms with E-state index in [9.17, 15) is 4.79 Å². The number of hydrogen-bond acceptors (Lipinski definition) is 6. The fourth-order valence-electron chi connectivity index (χ4n) is 3.91. The van der Waals surface area contributed by atoms with Crippen molar-refractivity contribution in [3.05, 3.63) is 54.1 Å². The first-order chi connectivity index (χ1) is 15.6. The first-order valence-corrected chi connectivity index (χ1v) is 11.7. The van der Waals surface area contributed by atoms with E-state index in [1.54, 1.807) is 0 Å². The Balaban J connectivity index is 1.49. The van der Waals surface area contributed by atoms with Crippen LogP contribution in [0.2, 0.25) is 0 Å². The predicted octanol–water partition coefficient (Wildman–Crippen LogP) is 4.03. The lowest BCUT2D eigenvalue weighted by Gasteiger charge is -2.15. The van der Waals surface area contributed by atoms with Crippen LogP contribution in [-0.2, 0) is 9.53 Å². The fourth-order valence-corrected chi connectivity index (χ4v) is 4.78. The van der Waals surface area contributed by atoms with Crippen LogP contribution in [0.3, 0.4) is 0 Å². The van der Waals surface area contributed by atoms with E-state index in [4.69, 9.17) is 9.72 Å². The third-order valence-electron chi connectivity index (χ3n) is 5.71. The molecule has 2 aromatic carbocycles. The van der Waals surface area contributed by atoms with Crippen LogP contribution >= 0.6 is 11.8 Å². The Morgan fingerprint density at radius 3 is 2.81 bits per heavy atom. The number of para-hydroxylation sites is 1. The second-order valence-corrected chi connectivity index (χ2v) is 9.41. The summed E-state index contributed by atoms with van der Waals surface area (Å²) in [7, 11) is 0. The number of rotatable bonds is 6. The second-order valence-electron chi connectivity index (χ2n) is 8.10. The standard InChI is InChI=1S/C24H25N5O2S/c1-15-9-11-17(12-10-15)21-26-20-8-4-3-7-19(20)22-27-28-24(29(21)22)32-16(2)23(30)25-14-18-6-5-13-31-18/h3-4,7-12,16,18H,5-6,13-14H2,1-2H3,(H,25,30). The van der Waals surface area contributed by atoms with Gasteiger partial charge in [-0.05, 0) is 38.8 Å². The highest BCUT2D eigenvalue weighted by Crippen LogP contribution is 2.30. The Morgan fingerprint density at radius 1 is 1.22 bits per heavy atom. The molecule has 2 unspecified atom stereocenters. The van der Waals surface area contributed by atoms with Gasteiger partial charge in [-0.1, -0.05) is 53.7 Å². The number of thioether (sulfide) groups is 1. The second kappa shape index (κ2) is 8.88. The van der Waals surface area contributed by atoms with Crippen LogP contribution in [0.4, 0.5) is 0 Å². The molecular formula is C24H25N5O2S. The average Bonchev–Trinajstić information content (AvgIpc) is 3.48. The van der Waals surface area contributed by atoms with Crippen LogP contribution < -0.4 is 5.32 Å². The SMILES string of the molecule is Cc1ccc(-c2nc3ccccc3c3nnc(SC(C)C(=O)NCC4CCCO4)n23)cc1. The normalized spacial score (nSPS) is 17.1. The molecule has 3 heterocycles. The smallest absolute Gasteiger partial charge is 0.233 e. The number of aromatic nitrogens is 4. The summed E-state index contributed by atoms with van der Waals surface area (Å²) >= 11 is 1.39. The van der Waals surface area contributed by atoms with Gasteiger partial charge in [0.15, 0.2) is 10.8 Å². The van der Waals surface area contributed by atoms with E-state index >= 15 is 0 Å². The lowest BCUT2D eigenvalue weighted by molar-refractivity contribution is -0.120. The highest BCUT2D eigenvalue weighted by molar-refractivity contribution is 8.00. The maximum atomic E-state index is 12.7. The molecule has 4 aromatic rings. The third-order valence-corrected chi connectivity index (χ3v) is 6.75. The van der Waals surface area contributed by atoms with E-state index in [-0.39, 0.29) is 17.3 Å². The quantitative estimate of drug-likeness (QED) is 0.450. The van der Waals surface area contributed by atoms with Crippen molar-refractivity contribution < 1.29 is 9.53 Å². The van der Waals surface area contributed by atoms with Crippen molar-refractivity contribution in [3.63, 3.8) is 0 Å². The molecular weight excluding hydrogens is 422 g/mol. The van der Waals surface area contributed by atoms with Crippen molar-refractivity contribution in [2.45, 2.75) is 43.2 Å². The average molecular weight is 448 g/mol. The van der Waals surface area contributed by atoms with Crippen LogP contribution in [0, 0.1) is 6.92 Å². The van der Waals surface area contributed by atoms with Gasteiger partial charge >= 0.3 is 0 Å². The summed E-state index contributed by atoms with van der Waals surface area (Å²) < 4.78 is 7.56. The molecule has 8 heteroatoms. The van der Waals surface area contributed by atoms with Gasteiger partial charge in [-0.3, -0.25) is 9.20 Å². The summed E-state index contributed by atoms with van der Waals surface area (Å²) in [5, 5.41) is 13.2. The van der Waals surface area contributed by atoms with Gasteiger partial charge in [0.25, 0.3) is 0 Å². The summed E-state index contributed by atoms with van der Waals surface area (Å²) in [6.45, 7) is 5.27. The van der Waals surface area contributed by atoms with Crippen LogP contribution in [-0.4, -0.2) is 50.0 Å². The lowest BCUT2D eigenvalue weighted by Crippen LogP contribution is -2.36. The van der Waals surface area contributed by atoms with Gasteiger partial charge in [0.2, 0.25) is 5.91 Å². The molecule has 1 fully saturated rings.